The maximum atomic E-state index is 13.5. The third-order valence-corrected chi connectivity index (χ3v) is 7.14. The lowest BCUT2D eigenvalue weighted by Gasteiger charge is -2.43. The fourth-order valence-electron chi connectivity index (χ4n) is 5.03. The van der Waals surface area contributed by atoms with Crippen LogP contribution < -0.4 is 0 Å². The van der Waals surface area contributed by atoms with E-state index in [1.54, 1.807) is 6.07 Å². The maximum Gasteiger partial charge on any atom is 0.236 e. The van der Waals surface area contributed by atoms with E-state index in [0.717, 1.165) is 63.0 Å². The number of hydrogen-bond acceptors (Lipinski definition) is 5. The van der Waals surface area contributed by atoms with E-state index < -0.39 is 0 Å². The first kappa shape index (κ1) is 19.8. The molecule has 0 N–H and O–H groups in total. The molecule has 0 radical (unpaired) electrons. The Balaban J connectivity index is 1.13. The quantitative estimate of drug-likeness (QED) is 0.765. The fourth-order valence-corrected chi connectivity index (χ4v) is 5.03. The third-order valence-electron chi connectivity index (χ3n) is 7.14. The Morgan fingerprint density at radius 2 is 1.93 bits per heavy atom. The molecule has 3 heterocycles. The molecule has 0 bridgehead atoms. The van der Waals surface area contributed by atoms with Gasteiger partial charge in [-0.05, 0) is 37.9 Å². The van der Waals surface area contributed by atoms with Crippen molar-refractivity contribution in [1.29, 1.82) is 0 Å². The lowest BCUT2D eigenvalue weighted by atomic mass is 9.89. The van der Waals surface area contributed by atoms with Crippen LogP contribution in [0.3, 0.4) is 0 Å². The van der Waals surface area contributed by atoms with Gasteiger partial charge < -0.3 is 4.90 Å². The minimum absolute atomic E-state index is 0.0827. The Morgan fingerprint density at radius 3 is 2.67 bits per heavy atom. The first-order chi connectivity index (χ1) is 14.7. The van der Waals surface area contributed by atoms with Crippen LogP contribution in [0.2, 0.25) is 0 Å². The van der Waals surface area contributed by atoms with Gasteiger partial charge in [-0.1, -0.05) is 24.6 Å². The molecule has 1 aromatic rings. The normalized spacial score (nSPS) is 28.0. The van der Waals surface area contributed by atoms with Crippen LogP contribution in [0, 0.1) is 11.7 Å². The minimum atomic E-state index is -0.257. The largest absolute Gasteiger partial charge is 0.339 e. The minimum Gasteiger partial charge on any atom is -0.339 e. The molecule has 1 saturated carbocycles. The van der Waals surface area contributed by atoms with E-state index in [1.807, 2.05) is 11.0 Å². The summed E-state index contributed by atoms with van der Waals surface area (Å²) in [5.74, 6) is 0.288. The number of benzene rings is 1. The smallest absolute Gasteiger partial charge is 0.236 e. The number of nitrogens with zero attached hydrogens (tertiary/aromatic N) is 5. The predicted octanol–water partition coefficient (Wildman–Crippen LogP) is 3.02. The van der Waals surface area contributed by atoms with E-state index >= 15 is 0 Å². The summed E-state index contributed by atoms with van der Waals surface area (Å²) in [6.45, 7) is 5.87. The highest BCUT2D eigenvalue weighted by molar-refractivity contribution is 5.78. The van der Waals surface area contributed by atoms with Gasteiger partial charge in [0, 0.05) is 50.2 Å². The molecule has 4 aliphatic rings. The molecule has 30 heavy (non-hydrogen) atoms. The van der Waals surface area contributed by atoms with Crippen molar-refractivity contribution in [3.8, 4) is 0 Å². The average molecular weight is 412 g/mol. The van der Waals surface area contributed by atoms with Crippen molar-refractivity contribution in [3.05, 3.63) is 41.7 Å². The van der Waals surface area contributed by atoms with Crippen molar-refractivity contribution in [2.24, 2.45) is 16.1 Å². The zero-order valence-corrected chi connectivity index (χ0v) is 17.4. The Hall–Kier alpha value is -2.12. The first-order valence-corrected chi connectivity index (χ1v) is 11.3. The van der Waals surface area contributed by atoms with Crippen LogP contribution in [-0.4, -0.2) is 78.5 Å². The van der Waals surface area contributed by atoms with Crippen molar-refractivity contribution in [3.63, 3.8) is 0 Å². The SMILES string of the molecule is O=C(CN1CCC2C=C(c3cccc(F)c3)N=NC2C1)N1CCN(C2CCC2)CC1. The third kappa shape index (κ3) is 4.18. The number of rotatable bonds is 4. The molecule has 5 rings (SSSR count). The number of likely N-dealkylation sites (tertiary alicyclic amines) is 1. The second-order valence-corrected chi connectivity index (χ2v) is 9.03. The van der Waals surface area contributed by atoms with Gasteiger partial charge in [0.1, 0.15) is 5.82 Å². The van der Waals surface area contributed by atoms with Crippen LogP contribution >= 0.6 is 0 Å². The molecule has 1 aliphatic carbocycles. The van der Waals surface area contributed by atoms with Crippen LogP contribution in [0.1, 0.15) is 31.2 Å². The van der Waals surface area contributed by atoms with Gasteiger partial charge in [0.25, 0.3) is 0 Å². The molecule has 2 atom stereocenters. The number of piperazine rings is 1. The van der Waals surface area contributed by atoms with E-state index in [4.69, 9.17) is 0 Å². The molecule has 2 unspecified atom stereocenters. The molecule has 1 aromatic carbocycles. The molecule has 3 aliphatic heterocycles. The summed E-state index contributed by atoms with van der Waals surface area (Å²) in [6.07, 6.45) is 7.09. The number of carbonyl (C=O) groups excluding carboxylic acids is 1. The Bertz CT molecular complexity index is 844. The summed E-state index contributed by atoms with van der Waals surface area (Å²) in [7, 11) is 0. The molecule has 3 fully saturated rings. The molecule has 160 valence electrons. The fraction of sp³-hybridized carbons (Fsp3) is 0.609. The average Bonchev–Trinajstić information content (AvgIpc) is 2.72. The number of amides is 1. The van der Waals surface area contributed by atoms with Crippen LogP contribution in [0.15, 0.2) is 40.6 Å². The van der Waals surface area contributed by atoms with Gasteiger partial charge >= 0.3 is 0 Å². The first-order valence-electron chi connectivity index (χ1n) is 11.3. The standard InChI is InChI=1S/C23H30FN5O/c24-19-4-1-3-17(13-19)21-14-18-7-8-27(15-22(18)26-25-21)16-23(30)29-11-9-28(10-12-29)20-5-2-6-20/h1,3-4,13-14,18,20,22H,2,5-12,15-16H2. The molecule has 7 heteroatoms. The summed E-state index contributed by atoms with van der Waals surface area (Å²) < 4.78 is 13.5. The van der Waals surface area contributed by atoms with Gasteiger partial charge in [-0.2, -0.15) is 10.2 Å². The lowest BCUT2D eigenvalue weighted by molar-refractivity contribution is -0.135. The molecule has 0 spiro atoms. The van der Waals surface area contributed by atoms with Gasteiger partial charge in [0.2, 0.25) is 5.91 Å². The number of piperidine rings is 1. The summed E-state index contributed by atoms with van der Waals surface area (Å²) in [6, 6.07) is 7.36. The molecule has 0 aromatic heterocycles. The number of carbonyl (C=O) groups is 1. The molecule has 6 nitrogen and oxygen atoms in total. The predicted molar refractivity (Wildman–Crippen MR) is 113 cm³/mol. The van der Waals surface area contributed by atoms with Crippen LogP contribution in [0.4, 0.5) is 4.39 Å². The zero-order valence-electron chi connectivity index (χ0n) is 17.4. The lowest BCUT2D eigenvalue weighted by Crippen LogP contribution is -2.55. The van der Waals surface area contributed by atoms with E-state index in [1.165, 1.54) is 31.4 Å². The van der Waals surface area contributed by atoms with Gasteiger partial charge in [-0.25, -0.2) is 4.39 Å². The molecular formula is C23H30FN5O. The summed E-state index contributed by atoms with van der Waals surface area (Å²) >= 11 is 0. The van der Waals surface area contributed by atoms with Gasteiger partial charge in [0.15, 0.2) is 0 Å². The van der Waals surface area contributed by atoms with E-state index in [0.29, 0.717) is 12.5 Å². The van der Waals surface area contributed by atoms with E-state index in [2.05, 4.69) is 26.1 Å². The van der Waals surface area contributed by atoms with Crippen LogP contribution in [0.25, 0.3) is 5.70 Å². The maximum absolute atomic E-state index is 13.5. The van der Waals surface area contributed by atoms with Crippen molar-refractivity contribution in [2.45, 2.75) is 37.8 Å². The van der Waals surface area contributed by atoms with E-state index in [9.17, 15) is 9.18 Å². The van der Waals surface area contributed by atoms with Gasteiger partial charge in [-0.3, -0.25) is 14.6 Å². The van der Waals surface area contributed by atoms with Gasteiger partial charge in [-0.15, -0.1) is 0 Å². The second-order valence-electron chi connectivity index (χ2n) is 9.03. The van der Waals surface area contributed by atoms with Crippen LogP contribution in [-0.2, 0) is 4.79 Å². The molecule has 2 saturated heterocycles. The molecular weight excluding hydrogens is 381 g/mol. The Morgan fingerprint density at radius 1 is 1.10 bits per heavy atom. The second kappa shape index (κ2) is 8.55. The summed E-state index contributed by atoms with van der Waals surface area (Å²) in [4.78, 5) is 19.6. The number of hydrogen-bond donors (Lipinski definition) is 0. The highest BCUT2D eigenvalue weighted by atomic mass is 19.1. The number of halogens is 1. The Kier molecular flexibility index (Phi) is 5.65. The molecule has 1 amide bonds. The van der Waals surface area contributed by atoms with Crippen molar-refractivity contribution < 1.29 is 9.18 Å². The highest BCUT2D eigenvalue weighted by Crippen LogP contribution is 2.32. The number of fused-ring (bicyclic) bond motifs is 1. The van der Waals surface area contributed by atoms with Crippen LogP contribution in [0.5, 0.6) is 0 Å². The summed E-state index contributed by atoms with van der Waals surface area (Å²) in [5.41, 5.74) is 1.53. The zero-order chi connectivity index (χ0) is 20.5. The highest BCUT2D eigenvalue weighted by Gasteiger charge is 2.33. The van der Waals surface area contributed by atoms with Gasteiger partial charge in [0.05, 0.1) is 18.3 Å². The van der Waals surface area contributed by atoms with Crippen molar-refractivity contribution in [1.82, 2.24) is 14.7 Å². The van der Waals surface area contributed by atoms with E-state index in [-0.39, 0.29) is 17.8 Å². The number of azo groups is 1. The topological polar surface area (TPSA) is 51.5 Å². The Labute approximate surface area is 177 Å². The monoisotopic (exact) mass is 411 g/mol. The van der Waals surface area contributed by atoms with Crippen molar-refractivity contribution >= 4 is 11.6 Å². The van der Waals surface area contributed by atoms with Crippen molar-refractivity contribution in [2.75, 3.05) is 45.8 Å². The summed E-state index contributed by atoms with van der Waals surface area (Å²) in [5, 5.41) is 8.87.